The Bertz CT molecular complexity index is 1240. The van der Waals surface area contributed by atoms with E-state index in [2.05, 4.69) is 65.8 Å². The maximum absolute atomic E-state index is 13.8. The molecule has 41 heavy (non-hydrogen) atoms. The summed E-state index contributed by atoms with van der Waals surface area (Å²) in [5.74, 6) is 0. The highest BCUT2D eigenvalue weighted by Crippen LogP contribution is 2.31. The first kappa shape index (κ1) is 36.6. The number of aryl methyl sites for hydroxylation is 1. The van der Waals surface area contributed by atoms with E-state index >= 15 is 0 Å². The zero-order chi connectivity index (χ0) is 31.1. The molecule has 0 aliphatic heterocycles. The fourth-order valence-electron chi connectivity index (χ4n) is 4.52. The molecule has 228 valence electrons. The largest absolute Gasteiger partial charge is 0.371 e. The number of aliphatic hydroxyl groups is 1. The Kier molecular flexibility index (Phi) is 16.2. The second-order valence-corrected chi connectivity index (χ2v) is 14.4. The quantitative estimate of drug-likeness (QED) is 0.186. The summed E-state index contributed by atoms with van der Waals surface area (Å²) < 4.78 is 27.5. The molecule has 0 saturated carbocycles. The Labute approximate surface area is 252 Å². The fourth-order valence-corrected chi connectivity index (χ4v) is 6.08. The molecule has 1 aromatic carbocycles. The van der Waals surface area contributed by atoms with Crippen molar-refractivity contribution in [1.82, 2.24) is 0 Å². The molecular weight excluding hydrogens is 524 g/mol. The summed E-state index contributed by atoms with van der Waals surface area (Å²) in [5, 5.41) is 11.8. The van der Waals surface area contributed by atoms with E-state index in [9.17, 15) is 13.5 Å². The lowest BCUT2D eigenvalue weighted by atomic mass is 10.0. The van der Waals surface area contributed by atoms with E-state index < -0.39 is 14.8 Å². The molecular formula is C37H56O3S. The molecule has 0 heterocycles. The van der Waals surface area contributed by atoms with E-state index in [0.717, 1.165) is 61.7 Å². The lowest BCUT2D eigenvalue weighted by Gasteiger charge is -2.25. The third kappa shape index (κ3) is 14.3. The van der Waals surface area contributed by atoms with E-state index in [1.165, 1.54) is 22.3 Å². The lowest BCUT2D eigenvalue weighted by molar-refractivity contribution is 0.175. The SMILES string of the molecule is CC(C)=CCCC(C)=CCCC(C)=CCC(O)(C=C(C)CCC=C(C)CCC=C(C)C)S(=O)(=O)c1ccc(C)cc1. The van der Waals surface area contributed by atoms with Crippen LogP contribution in [-0.2, 0) is 9.84 Å². The first-order chi connectivity index (χ1) is 19.2. The van der Waals surface area contributed by atoms with Crippen molar-refractivity contribution in [3.05, 3.63) is 99.7 Å². The van der Waals surface area contributed by atoms with Gasteiger partial charge in [0.05, 0.1) is 4.90 Å². The summed E-state index contributed by atoms with van der Waals surface area (Å²) in [6, 6.07) is 6.74. The van der Waals surface area contributed by atoms with E-state index in [-0.39, 0.29) is 11.3 Å². The maximum atomic E-state index is 13.8. The molecule has 0 amide bonds. The van der Waals surface area contributed by atoms with Gasteiger partial charge in [-0.1, -0.05) is 81.5 Å². The zero-order valence-corrected chi connectivity index (χ0v) is 28.1. The number of allylic oxidation sites excluding steroid dienone is 10. The summed E-state index contributed by atoms with van der Waals surface area (Å²) in [6.07, 6.45) is 19.9. The summed E-state index contributed by atoms with van der Waals surface area (Å²) in [5.41, 5.74) is 8.30. The molecule has 0 bridgehead atoms. The molecule has 0 fully saturated rings. The van der Waals surface area contributed by atoms with Gasteiger partial charge in [0.15, 0.2) is 4.93 Å². The Balaban J connectivity index is 3.08. The molecule has 1 atom stereocenters. The number of hydrogen-bond acceptors (Lipinski definition) is 3. The van der Waals surface area contributed by atoms with Gasteiger partial charge in [0.25, 0.3) is 0 Å². The van der Waals surface area contributed by atoms with Gasteiger partial charge in [-0.3, -0.25) is 0 Å². The van der Waals surface area contributed by atoms with Crippen molar-refractivity contribution in [2.75, 3.05) is 0 Å². The molecule has 0 aliphatic carbocycles. The summed E-state index contributed by atoms with van der Waals surface area (Å²) in [7, 11) is -4.03. The normalized spacial score (nSPS) is 15.0. The van der Waals surface area contributed by atoms with Gasteiger partial charge >= 0.3 is 0 Å². The Hall–Kier alpha value is -2.43. The fraction of sp³-hybridized carbons (Fsp3) is 0.514. The molecule has 0 spiro atoms. The Morgan fingerprint density at radius 1 is 0.634 bits per heavy atom. The van der Waals surface area contributed by atoms with Gasteiger partial charge in [0.1, 0.15) is 0 Å². The van der Waals surface area contributed by atoms with Gasteiger partial charge in [0, 0.05) is 6.42 Å². The van der Waals surface area contributed by atoms with Crippen LogP contribution >= 0.6 is 0 Å². The van der Waals surface area contributed by atoms with Gasteiger partial charge in [0.2, 0.25) is 9.84 Å². The predicted molar refractivity (Wildman–Crippen MR) is 179 cm³/mol. The number of benzene rings is 1. The highest BCUT2D eigenvalue weighted by Gasteiger charge is 2.40. The minimum Gasteiger partial charge on any atom is -0.371 e. The first-order valence-corrected chi connectivity index (χ1v) is 16.6. The first-order valence-electron chi connectivity index (χ1n) is 15.1. The predicted octanol–water partition coefficient (Wildman–Crippen LogP) is 10.7. The second kappa shape index (κ2) is 18.2. The zero-order valence-electron chi connectivity index (χ0n) is 27.3. The van der Waals surface area contributed by atoms with Crippen molar-refractivity contribution in [1.29, 1.82) is 0 Å². The molecule has 0 saturated heterocycles. The van der Waals surface area contributed by atoms with Gasteiger partial charge in [-0.05, 0) is 132 Å². The standard InChI is InChI=1S/C37H56O3S/c1-29(2)14-10-16-31(5)18-12-20-33(7)26-27-37(38,41(39,40)36-24-22-34(8)23-25-36)28-35(9)21-13-19-32(6)17-11-15-30(3)4/h14-15,18-19,22-26,28,38H,10-13,16-17,20-21,27H2,1-9H3. The molecule has 1 aromatic rings. The van der Waals surface area contributed by atoms with Crippen LogP contribution in [-0.4, -0.2) is 18.5 Å². The number of hydrogen-bond donors (Lipinski definition) is 1. The Morgan fingerprint density at radius 3 is 1.46 bits per heavy atom. The lowest BCUT2D eigenvalue weighted by Crippen LogP contribution is -2.36. The third-order valence-electron chi connectivity index (χ3n) is 7.26. The van der Waals surface area contributed by atoms with Crippen LogP contribution in [0.3, 0.4) is 0 Å². The topological polar surface area (TPSA) is 54.4 Å². The van der Waals surface area contributed by atoms with Crippen molar-refractivity contribution in [2.24, 2.45) is 0 Å². The highest BCUT2D eigenvalue weighted by molar-refractivity contribution is 7.92. The minimum atomic E-state index is -4.03. The molecule has 0 radical (unpaired) electrons. The van der Waals surface area contributed by atoms with Gasteiger partial charge in [-0.25, -0.2) is 8.42 Å². The van der Waals surface area contributed by atoms with Crippen molar-refractivity contribution in [3.8, 4) is 0 Å². The summed E-state index contributed by atoms with van der Waals surface area (Å²) in [4.78, 5) is -1.86. The maximum Gasteiger partial charge on any atom is 0.211 e. The van der Waals surface area contributed by atoms with E-state index in [4.69, 9.17) is 0 Å². The van der Waals surface area contributed by atoms with Gasteiger partial charge < -0.3 is 5.11 Å². The number of rotatable bonds is 17. The molecule has 1 rings (SSSR count). The van der Waals surface area contributed by atoms with Crippen LogP contribution in [0.4, 0.5) is 0 Å². The minimum absolute atomic E-state index is 0.0211. The third-order valence-corrected chi connectivity index (χ3v) is 9.37. The van der Waals surface area contributed by atoms with Crippen molar-refractivity contribution < 1.29 is 13.5 Å². The average Bonchev–Trinajstić information content (AvgIpc) is 2.87. The van der Waals surface area contributed by atoms with Gasteiger partial charge in [-0.2, -0.15) is 0 Å². The second-order valence-electron chi connectivity index (χ2n) is 12.2. The smallest absolute Gasteiger partial charge is 0.211 e. The molecule has 0 aromatic heterocycles. The molecule has 0 aliphatic rings. The van der Waals surface area contributed by atoms with Crippen LogP contribution in [0.15, 0.2) is 99.1 Å². The van der Waals surface area contributed by atoms with Crippen LogP contribution < -0.4 is 0 Å². The number of sulfone groups is 1. The molecule has 1 unspecified atom stereocenters. The molecule has 1 N–H and O–H groups in total. The molecule has 4 heteroatoms. The summed E-state index contributed by atoms with van der Waals surface area (Å²) in [6.45, 7) is 18.6. The van der Waals surface area contributed by atoms with Crippen molar-refractivity contribution >= 4 is 9.84 Å². The average molecular weight is 581 g/mol. The van der Waals surface area contributed by atoms with Crippen LogP contribution in [0.2, 0.25) is 0 Å². The molecule has 3 nitrogen and oxygen atoms in total. The van der Waals surface area contributed by atoms with Crippen LogP contribution in [0.5, 0.6) is 0 Å². The summed E-state index contributed by atoms with van der Waals surface area (Å²) >= 11 is 0. The van der Waals surface area contributed by atoms with E-state index in [1.54, 1.807) is 30.3 Å². The van der Waals surface area contributed by atoms with Crippen LogP contribution in [0.25, 0.3) is 0 Å². The van der Waals surface area contributed by atoms with Gasteiger partial charge in [-0.15, -0.1) is 0 Å². The van der Waals surface area contributed by atoms with E-state index in [1.807, 2.05) is 26.8 Å². The highest BCUT2D eigenvalue weighted by atomic mass is 32.2. The van der Waals surface area contributed by atoms with Crippen LogP contribution in [0, 0.1) is 6.92 Å². The Morgan fingerprint density at radius 2 is 1.02 bits per heavy atom. The monoisotopic (exact) mass is 580 g/mol. The van der Waals surface area contributed by atoms with E-state index in [0.29, 0.717) is 6.42 Å². The van der Waals surface area contributed by atoms with Crippen molar-refractivity contribution in [3.63, 3.8) is 0 Å². The van der Waals surface area contributed by atoms with Crippen molar-refractivity contribution in [2.45, 2.75) is 130 Å². The van der Waals surface area contributed by atoms with Crippen LogP contribution in [0.1, 0.15) is 119 Å².